The fraction of sp³-hybridized carbons (Fsp3) is 0.375. The number of pyridine rings is 1. The van der Waals surface area contributed by atoms with Crippen LogP contribution >= 0.6 is 0 Å². The van der Waals surface area contributed by atoms with Crippen molar-refractivity contribution in [1.82, 2.24) is 4.98 Å². The molecule has 0 N–H and O–H groups in total. The summed E-state index contributed by atoms with van der Waals surface area (Å²) >= 11 is 0. The van der Waals surface area contributed by atoms with E-state index in [0.29, 0.717) is 12.5 Å². The van der Waals surface area contributed by atoms with Crippen LogP contribution in [-0.2, 0) is 11.2 Å². The molecule has 0 amide bonds. The molecule has 0 aliphatic carbocycles. The number of nitrogens with zero attached hydrogens (tertiary/aromatic N) is 1. The summed E-state index contributed by atoms with van der Waals surface area (Å²) in [6.45, 7) is 4.60. The van der Waals surface area contributed by atoms with Crippen molar-refractivity contribution < 1.29 is 9.53 Å². The van der Waals surface area contributed by atoms with Gasteiger partial charge in [0.25, 0.3) is 0 Å². The van der Waals surface area contributed by atoms with Crippen LogP contribution in [0, 0.1) is 5.92 Å². The van der Waals surface area contributed by atoms with Gasteiger partial charge in [0.1, 0.15) is 6.29 Å². The maximum Gasteiger partial charge on any atom is 0.213 e. The van der Waals surface area contributed by atoms with Crippen LogP contribution in [0.3, 0.4) is 0 Å². The minimum absolute atomic E-state index is 0.105. The molecule has 100 valence electrons. The van der Waals surface area contributed by atoms with Gasteiger partial charge in [0.05, 0.1) is 12.1 Å². The zero-order chi connectivity index (χ0) is 13.7. The lowest BCUT2D eigenvalue weighted by molar-refractivity contribution is -0.111. The minimum Gasteiger partial charge on any atom is -0.478 e. The first-order valence-electron chi connectivity index (χ1n) is 6.74. The molecular formula is C16H19NO2. The third-order valence-electron chi connectivity index (χ3n) is 3.23. The second-order valence-electron chi connectivity index (χ2n) is 4.62. The molecule has 1 unspecified atom stereocenters. The SMILES string of the molecule is CCOc1ccc2cc(CC(C=O)CC)ccc2n1. The highest BCUT2D eigenvalue weighted by atomic mass is 16.5. The summed E-state index contributed by atoms with van der Waals surface area (Å²) in [5.74, 6) is 0.759. The first kappa shape index (κ1) is 13.5. The Hall–Kier alpha value is -1.90. The Morgan fingerprint density at radius 1 is 1.26 bits per heavy atom. The summed E-state index contributed by atoms with van der Waals surface area (Å²) < 4.78 is 5.39. The van der Waals surface area contributed by atoms with E-state index in [9.17, 15) is 4.79 Å². The first-order chi connectivity index (χ1) is 9.26. The molecule has 1 heterocycles. The second-order valence-corrected chi connectivity index (χ2v) is 4.62. The number of carbonyl (C=O) groups is 1. The van der Waals surface area contributed by atoms with E-state index >= 15 is 0 Å². The number of rotatable bonds is 6. The van der Waals surface area contributed by atoms with Gasteiger partial charge in [-0.05, 0) is 43.5 Å². The van der Waals surface area contributed by atoms with E-state index in [1.165, 1.54) is 5.56 Å². The monoisotopic (exact) mass is 257 g/mol. The highest BCUT2D eigenvalue weighted by Gasteiger charge is 2.07. The van der Waals surface area contributed by atoms with Gasteiger partial charge in [-0.15, -0.1) is 0 Å². The van der Waals surface area contributed by atoms with Crippen LogP contribution in [0.15, 0.2) is 30.3 Å². The standard InChI is InChI=1S/C16H19NO2/c1-3-12(11-18)9-13-5-7-15-14(10-13)6-8-16(17-15)19-4-2/h5-8,10-12H,3-4,9H2,1-2H3. The Labute approximate surface area is 113 Å². The Morgan fingerprint density at radius 3 is 2.79 bits per heavy atom. The summed E-state index contributed by atoms with van der Waals surface area (Å²) in [6, 6.07) is 10.0. The molecule has 0 saturated carbocycles. The summed E-state index contributed by atoms with van der Waals surface area (Å²) in [5.41, 5.74) is 2.10. The van der Waals surface area contributed by atoms with Crippen LogP contribution in [0.4, 0.5) is 0 Å². The molecule has 2 aromatic rings. The van der Waals surface area contributed by atoms with Crippen molar-refractivity contribution in [1.29, 1.82) is 0 Å². The fourth-order valence-electron chi connectivity index (χ4n) is 2.10. The Balaban J connectivity index is 2.26. The molecule has 3 heteroatoms. The van der Waals surface area contributed by atoms with Crippen LogP contribution < -0.4 is 4.74 Å². The molecule has 19 heavy (non-hydrogen) atoms. The zero-order valence-corrected chi connectivity index (χ0v) is 11.4. The molecule has 0 fully saturated rings. The smallest absolute Gasteiger partial charge is 0.213 e. The van der Waals surface area contributed by atoms with E-state index in [4.69, 9.17) is 4.74 Å². The number of hydrogen-bond donors (Lipinski definition) is 0. The number of ether oxygens (including phenoxy) is 1. The molecular weight excluding hydrogens is 238 g/mol. The Morgan fingerprint density at radius 2 is 2.11 bits per heavy atom. The van der Waals surface area contributed by atoms with Gasteiger partial charge in [-0.1, -0.05) is 13.0 Å². The normalized spacial score (nSPS) is 12.3. The predicted octanol–water partition coefficient (Wildman–Crippen LogP) is 3.40. The van der Waals surface area contributed by atoms with Gasteiger partial charge in [-0.25, -0.2) is 4.98 Å². The molecule has 0 bridgehead atoms. The van der Waals surface area contributed by atoms with Crippen LogP contribution in [0.25, 0.3) is 10.9 Å². The number of carbonyl (C=O) groups excluding carboxylic acids is 1. The van der Waals surface area contributed by atoms with Gasteiger partial charge < -0.3 is 9.53 Å². The lowest BCUT2D eigenvalue weighted by Crippen LogP contribution is -2.04. The third kappa shape index (κ3) is 3.31. The maximum absolute atomic E-state index is 10.9. The Bertz CT molecular complexity index is 566. The van der Waals surface area contributed by atoms with Crippen molar-refractivity contribution >= 4 is 17.2 Å². The molecule has 0 aliphatic heterocycles. The van der Waals surface area contributed by atoms with E-state index in [1.54, 1.807) is 0 Å². The number of aldehydes is 1. The van der Waals surface area contributed by atoms with Gasteiger partial charge in [0.2, 0.25) is 5.88 Å². The maximum atomic E-state index is 10.9. The number of benzene rings is 1. The van der Waals surface area contributed by atoms with Gasteiger partial charge in [-0.2, -0.15) is 0 Å². The van der Waals surface area contributed by atoms with Crippen molar-refractivity contribution in [3.63, 3.8) is 0 Å². The third-order valence-corrected chi connectivity index (χ3v) is 3.23. The molecule has 2 rings (SSSR count). The molecule has 1 aromatic heterocycles. The molecule has 0 radical (unpaired) electrons. The molecule has 0 spiro atoms. The average Bonchev–Trinajstić information content (AvgIpc) is 2.45. The molecule has 1 atom stereocenters. The average molecular weight is 257 g/mol. The molecule has 0 saturated heterocycles. The summed E-state index contributed by atoms with van der Waals surface area (Å²) in [7, 11) is 0. The van der Waals surface area contributed by atoms with E-state index in [1.807, 2.05) is 38.1 Å². The number of aromatic nitrogens is 1. The van der Waals surface area contributed by atoms with Crippen LogP contribution in [0.1, 0.15) is 25.8 Å². The lowest BCUT2D eigenvalue weighted by Gasteiger charge is -2.09. The predicted molar refractivity (Wildman–Crippen MR) is 76.5 cm³/mol. The van der Waals surface area contributed by atoms with Gasteiger partial charge in [0, 0.05) is 17.4 Å². The van der Waals surface area contributed by atoms with E-state index in [-0.39, 0.29) is 5.92 Å². The van der Waals surface area contributed by atoms with Crippen molar-refractivity contribution in [2.45, 2.75) is 26.7 Å². The second kappa shape index (κ2) is 6.32. The highest BCUT2D eigenvalue weighted by molar-refractivity contribution is 5.80. The van der Waals surface area contributed by atoms with E-state index in [2.05, 4.69) is 11.1 Å². The van der Waals surface area contributed by atoms with Gasteiger partial charge in [-0.3, -0.25) is 0 Å². The van der Waals surface area contributed by atoms with Crippen LogP contribution in [-0.4, -0.2) is 17.9 Å². The number of hydrogen-bond acceptors (Lipinski definition) is 3. The largest absolute Gasteiger partial charge is 0.478 e. The summed E-state index contributed by atoms with van der Waals surface area (Å²) in [6.07, 6.45) is 2.72. The van der Waals surface area contributed by atoms with E-state index in [0.717, 1.165) is 30.0 Å². The van der Waals surface area contributed by atoms with Gasteiger partial charge >= 0.3 is 0 Å². The van der Waals surface area contributed by atoms with Crippen molar-refractivity contribution in [3.05, 3.63) is 35.9 Å². The van der Waals surface area contributed by atoms with Crippen molar-refractivity contribution in [2.75, 3.05) is 6.61 Å². The minimum atomic E-state index is 0.105. The Kier molecular flexibility index (Phi) is 4.50. The van der Waals surface area contributed by atoms with Crippen molar-refractivity contribution in [3.8, 4) is 5.88 Å². The first-order valence-corrected chi connectivity index (χ1v) is 6.74. The molecule has 1 aromatic carbocycles. The fourth-order valence-corrected chi connectivity index (χ4v) is 2.10. The molecule has 3 nitrogen and oxygen atoms in total. The van der Waals surface area contributed by atoms with Gasteiger partial charge in [0.15, 0.2) is 0 Å². The van der Waals surface area contributed by atoms with Crippen LogP contribution in [0.5, 0.6) is 5.88 Å². The van der Waals surface area contributed by atoms with Crippen LogP contribution in [0.2, 0.25) is 0 Å². The topological polar surface area (TPSA) is 39.2 Å². The lowest BCUT2D eigenvalue weighted by atomic mass is 9.97. The zero-order valence-electron chi connectivity index (χ0n) is 11.4. The van der Waals surface area contributed by atoms with Crippen molar-refractivity contribution in [2.24, 2.45) is 5.92 Å². The summed E-state index contributed by atoms with van der Waals surface area (Å²) in [4.78, 5) is 15.3. The molecule has 0 aliphatic rings. The van der Waals surface area contributed by atoms with E-state index < -0.39 is 0 Å². The highest BCUT2D eigenvalue weighted by Crippen LogP contribution is 2.20. The number of fused-ring (bicyclic) bond motifs is 1. The summed E-state index contributed by atoms with van der Waals surface area (Å²) in [5, 5.41) is 1.08. The quantitative estimate of drug-likeness (QED) is 0.744.